The summed E-state index contributed by atoms with van der Waals surface area (Å²) in [7, 11) is 0. The van der Waals surface area contributed by atoms with Gasteiger partial charge in [-0.15, -0.1) is 0 Å². The number of aromatic nitrogens is 1. The van der Waals surface area contributed by atoms with E-state index in [9.17, 15) is 0 Å². The maximum atomic E-state index is 7.36. The van der Waals surface area contributed by atoms with Gasteiger partial charge in [0.2, 0.25) is 0 Å². The number of anilines is 2. The van der Waals surface area contributed by atoms with Crippen LogP contribution in [0.2, 0.25) is 0 Å². The number of fused-ring (bicyclic) bond motifs is 9. The molecular weight excluding hydrogens is 859 g/mol. The van der Waals surface area contributed by atoms with Crippen molar-refractivity contribution in [3.05, 3.63) is 137 Å². The van der Waals surface area contributed by atoms with Crippen LogP contribution >= 0.6 is 0 Å². The lowest BCUT2D eigenvalue weighted by molar-refractivity contribution is 0.399. The van der Waals surface area contributed by atoms with E-state index >= 15 is 0 Å². The highest BCUT2D eigenvalue weighted by Crippen LogP contribution is 2.59. The molecule has 4 N–H and O–H groups in total. The molecule has 6 aromatic carbocycles. The van der Waals surface area contributed by atoms with Crippen molar-refractivity contribution in [3.63, 3.8) is 0 Å². The Labute approximate surface area is 429 Å². The molecule has 3 heteroatoms. The lowest BCUT2D eigenvalue weighted by Gasteiger charge is -2.35. The zero-order valence-electron chi connectivity index (χ0n) is 44.9. The second kappa shape index (κ2) is 22.6. The SMILES string of the molecule is CCCCCCCCC1(CCCCCCCC)c2cc(N)ccc2-c2ccc(N)c(-c3ccc4c(c3)C(C)(C)c3cc(-n5c6ccc(CCCCCC)cc6c6cc(CCCCCC)ccc65)ccc3-4)c21. The summed E-state index contributed by atoms with van der Waals surface area (Å²) in [5, 5.41) is 2.77. The van der Waals surface area contributed by atoms with Gasteiger partial charge in [-0.1, -0.05) is 200 Å². The van der Waals surface area contributed by atoms with Crippen molar-refractivity contribution in [2.75, 3.05) is 11.5 Å². The van der Waals surface area contributed by atoms with Crippen LogP contribution in [-0.2, 0) is 23.7 Å². The topological polar surface area (TPSA) is 57.0 Å². The second-order valence-corrected chi connectivity index (χ2v) is 22.6. The quantitative estimate of drug-likeness (QED) is 0.0420. The van der Waals surface area contributed by atoms with Crippen LogP contribution in [-0.4, -0.2) is 4.57 Å². The first kappa shape index (κ1) is 50.7. The molecule has 7 aromatic rings. The summed E-state index contributed by atoms with van der Waals surface area (Å²) in [6.07, 6.45) is 30.2. The van der Waals surface area contributed by atoms with E-state index in [4.69, 9.17) is 11.5 Å². The highest BCUT2D eigenvalue weighted by atomic mass is 15.0. The van der Waals surface area contributed by atoms with Crippen LogP contribution < -0.4 is 11.5 Å². The molecule has 1 aromatic heterocycles. The van der Waals surface area contributed by atoms with E-state index in [-0.39, 0.29) is 10.8 Å². The van der Waals surface area contributed by atoms with Gasteiger partial charge >= 0.3 is 0 Å². The molecule has 0 fully saturated rings. The van der Waals surface area contributed by atoms with Crippen LogP contribution in [0, 0.1) is 0 Å². The van der Waals surface area contributed by atoms with Crippen molar-refractivity contribution < 1.29 is 0 Å². The normalized spacial score (nSPS) is 14.1. The van der Waals surface area contributed by atoms with Crippen LogP contribution in [0.15, 0.2) is 103 Å². The van der Waals surface area contributed by atoms with E-state index in [1.807, 2.05) is 0 Å². The van der Waals surface area contributed by atoms with Crippen molar-refractivity contribution in [1.29, 1.82) is 0 Å². The number of benzene rings is 6. The zero-order chi connectivity index (χ0) is 49.5. The summed E-state index contributed by atoms with van der Waals surface area (Å²) in [6.45, 7) is 14.1. The molecule has 0 saturated heterocycles. The van der Waals surface area contributed by atoms with E-state index in [1.165, 1.54) is 223 Å². The van der Waals surface area contributed by atoms with Crippen LogP contribution in [0.4, 0.5) is 11.4 Å². The largest absolute Gasteiger partial charge is 0.399 e. The smallest absolute Gasteiger partial charge is 0.0541 e. The van der Waals surface area contributed by atoms with Crippen LogP contribution in [0.3, 0.4) is 0 Å². The minimum absolute atomic E-state index is 0.138. The Morgan fingerprint density at radius 3 is 1.48 bits per heavy atom. The monoisotopic (exact) mass is 946 g/mol. The average Bonchev–Trinajstić information content (AvgIpc) is 3.92. The van der Waals surface area contributed by atoms with Gasteiger partial charge in [-0.2, -0.15) is 0 Å². The molecule has 71 heavy (non-hydrogen) atoms. The van der Waals surface area contributed by atoms with Crippen LogP contribution in [0.5, 0.6) is 0 Å². The summed E-state index contributed by atoms with van der Waals surface area (Å²) in [5.41, 5.74) is 35.8. The summed E-state index contributed by atoms with van der Waals surface area (Å²) in [4.78, 5) is 0. The Morgan fingerprint density at radius 2 is 0.901 bits per heavy atom. The summed E-state index contributed by atoms with van der Waals surface area (Å²) in [6, 6.07) is 40.6. The molecule has 2 aliphatic rings. The van der Waals surface area contributed by atoms with Crippen molar-refractivity contribution in [3.8, 4) is 39.1 Å². The predicted octanol–water partition coefficient (Wildman–Crippen LogP) is 19.9. The van der Waals surface area contributed by atoms with E-state index in [0.29, 0.717) is 0 Å². The van der Waals surface area contributed by atoms with Gasteiger partial charge in [-0.3, -0.25) is 0 Å². The molecular formula is C68H87N3. The Bertz CT molecular complexity index is 2860. The number of unbranched alkanes of at least 4 members (excludes halogenated alkanes) is 16. The molecule has 1 heterocycles. The maximum Gasteiger partial charge on any atom is 0.0541 e. The number of hydrogen-bond acceptors (Lipinski definition) is 2. The van der Waals surface area contributed by atoms with E-state index < -0.39 is 0 Å². The molecule has 0 radical (unpaired) electrons. The molecule has 0 aliphatic heterocycles. The number of rotatable bonds is 26. The van der Waals surface area contributed by atoms with E-state index in [0.717, 1.165) is 37.1 Å². The molecule has 0 spiro atoms. The van der Waals surface area contributed by atoms with Gasteiger partial charge < -0.3 is 16.0 Å². The van der Waals surface area contributed by atoms with Crippen LogP contribution in [0.1, 0.15) is 216 Å². The van der Waals surface area contributed by atoms with Gasteiger partial charge in [0.15, 0.2) is 0 Å². The van der Waals surface area contributed by atoms with Crippen molar-refractivity contribution in [1.82, 2.24) is 4.57 Å². The third-order valence-corrected chi connectivity index (χ3v) is 17.2. The van der Waals surface area contributed by atoms with Gasteiger partial charge in [-0.05, 0) is 160 Å². The minimum Gasteiger partial charge on any atom is -0.399 e. The first-order valence-electron chi connectivity index (χ1n) is 28.8. The summed E-state index contributed by atoms with van der Waals surface area (Å²) >= 11 is 0. The van der Waals surface area contributed by atoms with Gasteiger partial charge in [0.25, 0.3) is 0 Å². The number of nitrogen functional groups attached to an aromatic ring is 2. The maximum absolute atomic E-state index is 7.36. The molecule has 0 atom stereocenters. The van der Waals surface area contributed by atoms with Gasteiger partial charge in [0, 0.05) is 44.2 Å². The van der Waals surface area contributed by atoms with E-state index in [2.05, 4.69) is 149 Å². The highest BCUT2D eigenvalue weighted by Gasteiger charge is 2.45. The molecule has 3 nitrogen and oxygen atoms in total. The third kappa shape index (κ3) is 10.1. The third-order valence-electron chi connectivity index (χ3n) is 17.2. The minimum atomic E-state index is -0.217. The van der Waals surface area contributed by atoms with Crippen molar-refractivity contribution in [2.24, 2.45) is 0 Å². The molecule has 0 saturated carbocycles. The lowest BCUT2D eigenvalue weighted by Crippen LogP contribution is -2.27. The zero-order valence-corrected chi connectivity index (χ0v) is 44.9. The number of hydrogen-bond donors (Lipinski definition) is 2. The standard InChI is InChI=1S/C68H87N3/c1-7-11-15-19-21-25-41-68(42-26-22-20-16-12-8-2)61-46-51(69)32-35-55(61)56-37-38-62(70)65(66(56)68)50-31-34-53-54-36-33-52(47-60(54)67(5,6)59(53)45-50)71-63-39-29-48(27-23-17-13-9-3)43-57(63)58-44-49(30-40-64(58)71)28-24-18-14-10-4/h29-40,43-47H,7-28,41-42,69-70H2,1-6H3. The van der Waals surface area contributed by atoms with E-state index in [1.54, 1.807) is 0 Å². The number of nitrogens with zero attached hydrogens (tertiary/aromatic N) is 1. The molecule has 9 rings (SSSR count). The van der Waals surface area contributed by atoms with Gasteiger partial charge in [0.05, 0.1) is 11.0 Å². The molecule has 0 unspecified atom stereocenters. The molecule has 374 valence electrons. The second-order valence-electron chi connectivity index (χ2n) is 22.6. The van der Waals surface area contributed by atoms with Gasteiger partial charge in [-0.25, -0.2) is 0 Å². The van der Waals surface area contributed by atoms with Crippen molar-refractivity contribution in [2.45, 2.75) is 206 Å². The Hall–Kier alpha value is -5.28. The predicted molar refractivity (Wildman–Crippen MR) is 310 cm³/mol. The average molecular weight is 946 g/mol. The fourth-order valence-corrected chi connectivity index (χ4v) is 13.3. The Morgan fingerprint density at radius 1 is 0.423 bits per heavy atom. The highest BCUT2D eigenvalue weighted by molar-refractivity contribution is 6.10. The summed E-state index contributed by atoms with van der Waals surface area (Å²) < 4.78 is 2.56. The fraction of sp³-hybridized carbons (Fsp3) is 0.471. The first-order chi connectivity index (χ1) is 34.6. The van der Waals surface area contributed by atoms with Gasteiger partial charge in [0.1, 0.15) is 0 Å². The molecule has 2 aliphatic carbocycles. The number of aryl methyl sites for hydroxylation is 2. The Kier molecular flexibility index (Phi) is 16.2. The van der Waals surface area contributed by atoms with Crippen molar-refractivity contribution >= 4 is 33.2 Å². The first-order valence-corrected chi connectivity index (χ1v) is 28.8. The van der Waals surface area contributed by atoms with Crippen LogP contribution in [0.25, 0.3) is 60.9 Å². The number of nitrogens with two attached hydrogens (primary N) is 2. The summed E-state index contributed by atoms with van der Waals surface area (Å²) in [5.74, 6) is 0. The molecule has 0 bridgehead atoms. The molecule has 0 amide bonds. The Balaban J connectivity index is 1.11. The fourth-order valence-electron chi connectivity index (χ4n) is 13.3. The lowest BCUT2D eigenvalue weighted by atomic mass is 9.68.